The summed E-state index contributed by atoms with van der Waals surface area (Å²) in [6, 6.07) is 11.9. The minimum atomic E-state index is -4.67. The first-order valence-corrected chi connectivity index (χ1v) is 19.3. The van der Waals surface area contributed by atoms with Gasteiger partial charge in [-0.1, -0.05) is 76.9 Å². The van der Waals surface area contributed by atoms with Crippen molar-refractivity contribution in [3.63, 3.8) is 0 Å². The van der Waals surface area contributed by atoms with Crippen molar-refractivity contribution in [2.45, 2.75) is 96.6 Å². The van der Waals surface area contributed by atoms with E-state index in [1.807, 2.05) is 13.8 Å². The first-order chi connectivity index (χ1) is 27.5. The van der Waals surface area contributed by atoms with Crippen molar-refractivity contribution in [1.82, 2.24) is 31.8 Å². The van der Waals surface area contributed by atoms with Crippen molar-refractivity contribution in [1.29, 1.82) is 0 Å². The van der Waals surface area contributed by atoms with E-state index in [4.69, 9.17) is 4.74 Å². The lowest BCUT2D eigenvalue weighted by molar-refractivity contribution is -0.139. The molecule has 0 saturated heterocycles. The van der Waals surface area contributed by atoms with E-state index in [-0.39, 0.29) is 60.2 Å². The van der Waals surface area contributed by atoms with Gasteiger partial charge in [0.2, 0.25) is 17.7 Å². The minimum Gasteiger partial charge on any atom is -0.504 e. The number of aromatic hydroxyl groups is 1. The molecule has 4 amide bonds. The van der Waals surface area contributed by atoms with Crippen LogP contribution in [-0.2, 0) is 51.2 Å². The number of aromatic amines is 1. The van der Waals surface area contributed by atoms with Gasteiger partial charge in [-0.2, -0.15) is 13.2 Å². The largest absolute Gasteiger partial charge is 0.504 e. The van der Waals surface area contributed by atoms with Gasteiger partial charge >= 0.3 is 6.18 Å². The fourth-order valence-corrected chi connectivity index (χ4v) is 7.24. The van der Waals surface area contributed by atoms with Gasteiger partial charge in [-0.3, -0.25) is 24.6 Å². The molecule has 0 bridgehead atoms. The van der Waals surface area contributed by atoms with Crippen molar-refractivity contribution in [3.05, 3.63) is 94.4 Å². The van der Waals surface area contributed by atoms with Gasteiger partial charge in [0.25, 0.3) is 5.91 Å². The number of H-pyrrole nitrogens is 1. The molecule has 1 aromatic heterocycles. The first-order valence-electron chi connectivity index (χ1n) is 19.3. The third-order valence-electron chi connectivity index (χ3n) is 11.1. The Labute approximate surface area is 333 Å². The maximum absolute atomic E-state index is 14.8. The lowest BCUT2D eigenvalue weighted by Crippen LogP contribution is -2.67. The molecule has 0 aliphatic heterocycles. The average molecular weight is 811 g/mol. The van der Waals surface area contributed by atoms with Gasteiger partial charge in [0.15, 0.2) is 11.5 Å². The lowest BCUT2D eigenvalue weighted by atomic mass is 9.78. The number of para-hydroxylation sites is 1. The standard InChI is InChI=1S/C42H50F4N6O6/c1-6-23(3)35(49-34(54)20-26-11-8-9-14-30(26)43)38(55)51-41(18-17-31-28(21-41)27-12-10-13-29(37(27)48-31)42(44,45)46)40(57)50-36(24(4)7-2)39(56)52-47-22-25-15-16-32(53)33(19-25)58-5/h8-16,19,23-24,35-36,47-48,53H,6-7,17-18,20-22H2,1-5H3,(H,49,54)(H,50,57)(H,51,55)(H,52,56)/t23?,24?,35-,36-,41+/m0/s1. The molecule has 1 aliphatic rings. The van der Waals surface area contributed by atoms with Crippen LogP contribution in [0.2, 0.25) is 0 Å². The number of phenols is 1. The smallest absolute Gasteiger partial charge is 0.418 e. The van der Waals surface area contributed by atoms with E-state index in [0.717, 1.165) is 6.07 Å². The molecule has 1 aliphatic carbocycles. The second-order valence-corrected chi connectivity index (χ2v) is 14.9. The number of hydrogen-bond donors (Lipinski definition) is 7. The monoisotopic (exact) mass is 810 g/mol. The summed E-state index contributed by atoms with van der Waals surface area (Å²) in [6.07, 6.45) is -4.34. The Morgan fingerprint density at radius 1 is 0.931 bits per heavy atom. The van der Waals surface area contributed by atoms with E-state index in [2.05, 4.69) is 31.8 Å². The number of phenolic OH excluding ortho intramolecular Hbond substituents is 1. The van der Waals surface area contributed by atoms with Crippen molar-refractivity contribution in [3.8, 4) is 11.5 Å². The molecule has 5 atom stereocenters. The van der Waals surface area contributed by atoms with Crippen LogP contribution < -0.4 is 31.5 Å². The zero-order valence-electron chi connectivity index (χ0n) is 33.0. The zero-order chi connectivity index (χ0) is 42.4. The number of fused-ring (bicyclic) bond motifs is 3. The van der Waals surface area contributed by atoms with Gasteiger partial charge in [0.05, 0.1) is 24.6 Å². The zero-order valence-corrected chi connectivity index (χ0v) is 33.0. The van der Waals surface area contributed by atoms with E-state index in [1.54, 1.807) is 32.0 Å². The normalized spacial score (nSPS) is 17.3. The van der Waals surface area contributed by atoms with E-state index in [0.29, 0.717) is 29.7 Å². The van der Waals surface area contributed by atoms with Crippen LogP contribution in [0.4, 0.5) is 17.6 Å². The van der Waals surface area contributed by atoms with Crippen LogP contribution in [0.1, 0.15) is 74.9 Å². The van der Waals surface area contributed by atoms with Crippen LogP contribution in [0.3, 0.4) is 0 Å². The summed E-state index contributed by atoms with van der Waals surface area (Å²) in [5.41, 5.74) is 4.33. The number of nitrogens with one attached hydrogen (secondary N) is 6. The molecular weight excluding hydrogens is 760 g/mol. The molecule has 16 heteroatoms. The Hall–Kier alpha value is -5.64. The van der Waals surface area contributed by atoms with E-state index >= 15 is 0 Å². The number of benzene rings is 3. The molecule has 4 aromatic rings. The number of ether oxygens (including phenoxy) is 1. The molecule has 0 radical (unpaired) electrons. The fraction of sp³-hybridized carbons (Fsp3) is 0.429. The third-order valence-corrected chi connectivity index (χ3v) is 11.1. The second kappa shape index (κ2) is 18.3. The van der Waals surface area contributed by atoms with E-state index in [9.17, 15) is 41.8 Å². The number of hydrazine groups is 1. The highest BCUT2D eigenvalue weighted by Gasteiger charge is 2.47. The summed E-state index contributed by atoms with van der Waals surface area (Å²) in [7, 11) is 1.41. The van der Waals surface area contributed by atoms with Crippen LogP contribution in [0, 0.1) is 17.7 Å². The van der Waals surface area contributed by atoms with Gasteiger partial charge < -0.3 is 30.8 Å². The summed E-state index contributed by atoms with van der Waals surface area (Å²) in [5.74, 6) is -3.95. The molecule has 0 spiro atoms. The highest BCUT2D eigenvalue weighted by molar-refractivity contribution is 5.98. The summed E-state index contributed by atoms with van der Waals surface area (Å²) in [6.45, 7) is 7.29. The van der Waals surface area contributed by atoms with Gasteiger partial charge in [-0.25, -0.2) is 9.82 Å². The molecule has 2 unspecified atom stereocenters. The number of carbonyl (C=O) groups is 4. The molecule has 5 rings (SSSR count). The van der Waals surface area contributed by atoms with Gasteiger partial charge in [0.1, 0.15) is 23.4 Å². The quantitative estimate of drug-likeness (QED) is 0.0578. The summed E-state index contributed by atoms with van der Waals surface area (Å²) < 4.78 is 61.9. The second-order valence-electron chi connectivity index (χ2n) is 14.9. The molecule has 312 valence electrons. The molecule has 58 heavy (non-hydrogen) atoms. The van der Waals surface area contributed by atoms with Crippen LogP contribution >= 0.6 is 0 Å². The number of rotatable bonds is 16. The average Bonchev–Trinajstić information content (AvgIpc) is 3.57. The molecule has 3 aromatic carbocycles. The summed E-state index contributed by atoms with van der Waals surface area (Å²) in [5, 5.41) is 18.6. The number of halogens is 4. The van der Waals surface area contributed by atoms with Crippen LogP contribution in [-0.4, -0.2) is 58.5 Å². The van der Waals surface area contributed by atoms with Gasteiger partial charge in [-0.05, 0) is 65.6 Å². The number of methoxy groups -OCH3 is 1. The number of aryl methyl sites for hydroxylation is 1. The van der Waals surface area contributed by atoms with Gasteiger partial charge in [-0.15, -0.1) is 0 Å². The number of alkyl halides is 3. The van der Waals surface area contributed by atoms with E-state index in [1.165, 1.54) is 43.5 Å². The van der Waals surface area contributed by atoms with Crippen molar-refractivity contribution >= 4 is 34.5 Å². The third kappa shape index (κ3) is 9.72. The Morgan fingerprint density at radius 2 is 1.62 bits per heavy atom. The number of hydrogen-bond acceptors (Lipinski definition) is 7. The van der Waals surface area contributed by atoms with Crippen molar-refractivity contribution < 1.29 is 46.6 Å². The maximum Gasteiger partial charge on any atom is 0.418 e. The molecule has 0 fully saturated rings. The topological polar surface area (TPSA) is 174 Å². The summed E-state index contributed by atoms with van der Waals surface area (Å²) >= 11 is 0. The summed E-state index contributed by atoms with van der Waals surface area (Å²) in [4.78, 5) is 59.0. The van der Waals surface area contributed by atoms with Gasteiger partial charge in [0, 0.05) is 24.0 Å². The van der Waals surface area contributed by atoms with Crippen LogP contribution in [0.15, 0.2) is 60.7 Å². The fourth-order valence-electron chi connectivity index (χ4n) is 7.24. The predicted molar refractivity (Wildman–Crippen MR) is 209 cm³/mol. The first kappa shape index (κ1) is 43.5. The SMILES string of the molecule is CCC(C)[C@H](NC(=O)Cc1ccccc1F)C(=O)N[C@]1(C(=O)N[C@H](C(=O)NNCc2ccc(O)c(OC)c2)C(C)CC)CCc2[nH]c3c(C(F)(F)F)cccc3c2C1. The molecule has 7 N–H and O–H groups in total. The predicted octanol–water partition coefficient (Wildman–Crippen LogP) is 5.51. The highest BCUT2D eigenvalue weighted by atomic mass is 19.4. The number of amides is 4. The maximum atomic E-state index is 14.8. The van der Waals surface area contributed by atoms with Crippen molar-refractivity contribution in [2.24, 2.45) is 11.8 Å². The number of aromatic nitrogens is 1. The van der Waals surface area contributed by atoms with Crippen LogP contribution in [0.5, 0.6) is 11.5 Å². The number of carbonyl (C=O) groups excluding carboxylic acids is 4. The molecule has 1 heterocycles. The Morgan fingerprint density at radius 3 is 2.28 bits per heavy atom. The van der Waals surface area contributed by atoms with E-state index < -0.39 is 70.6 Å². The van der Waals surface area contributed by atoms with Crippen LogP contribution in [0.25, 0.3) is 10.9 Å². The molecule has 12 nitrogen and oxygen atoms in total. The lowest BCUT2D eigenvalue weighted by Gasteiger charge is -2.39. The highest BCUT2D eigenvalue weighted by Crippen LogP contribution is 2.40. The molecular formula is C42H50F4N6O6. The Bertz CT molecular complexity index is 2140. The molecule has 0 saturated carbocycles. The Kier molecular flexibility index (Phi) is 13.7. The van der Waals surface area contributed by atoms with Crippen molar-refractivity contribution in [2.75, 3.05) is 7.11 Å². The minimum absolute atomic E-state index is 0.0560. The Balaban J connectivity index is 1.46.